The lowest BCUT2D eigenvalue weighted by Gasteiger charge is -2.65. The Balaban J connectivity index is 0.00000192. The molecule has 3 atom stereocenters. The first-order chi connectivity index (χ1) is 10.3. The number of rotatable bonds is 2. The van der Waals surface area contributed by atoms with Gasteiger partial charge in [-0.2, -0.15) is 0 Å². The summed E-state index contributed by atoms with van der Waals surface area (Å²) in [5, 5.41) is 3.73. The number of fused-ring (bicyclic) bond motifs is 1. The molecule has 4 nitrogen and oxygen atoms in total. The second kappa shape index (κ2) is 6.41. The van der Waals surface area contributed by atoms with Crippen molar-refractivity contribution in [2.75, 3.05) is 11.9 Å². The molecule has 0 aromatic heterocycles. The average Bonchev–Trinajstić information content (AvgIpc) is 2.50. The zero-order valence-electron chi connectivity index (χ0n) is 13.1. The fourth-order valence-corrected chi connectivity index (χ4v) is 4.14. The van der Waals surface area contributed by atoms with Crippen LogP contribution in [0.3, 0.4) is 0 Å². The summed E-state index contributed by atoms with van der Waals surface area (Å²) < 4.78 is 5.82. The second-order valence-electron chi connectivity index (χ2n) is 6.71. The molecule has 2 fully saturated rings. The number of hydrogen-bond acceptors (Lipinski definition) is 3. The first kappa shape index (κ1) is 18.8. The SMILES string of the molecule is CC1(C)C2OCCCC2C1(N)C(=O)Nc1ccc(Cl)c(Cl)c1.Cl. The number of halogens is 3. The summed E-state index contributed by atoms with van der Waals surface area (Å²) in [6.45, 7) is 4.73. The van der Waals surface area contributed by atoms with Gasteiger partial charge in [0.1, 0.15) is 5.54 Å². The summed E-state index contributed by atoms with van der Waals surface area (Å²) in [5.41, 5.74) is 5.80. The van der Waals surface area contributed by atoms with Gasteiger partial charge >= 0.3 is 0 Å². The molecule has 1 heterocycles. The Morgan fingerprint density at radius 3 is 2.70 bits per heavy atom. The van der Waals surface area contributed by atoms with E-state index >= 15 is 0 Å². The Morgan fingerprint density at radius 2 is 2.04 bits per heavy atom. The predicted octanol–water partition coefficient (Wildman–Crippen LogP) is 3.89. The largest absolute Gasteiger partial charge is 0.377 e. The quantitative estimate of drug-likeness (QED) is 0.819. The van der Waals surface area contributed by atoms with Crippen LogP contribution in [0.2, 0.25) is 10.0 Å². The number of benzene rings is 1. The summed E-state index contributed by atoms with van der Waals surface area (Å²) in [5.74, 6) is -0.137. The van der Waals surface area contributed by atoms with E-state index in [-0.39, 0.29) is 30.3 Å². The molecule has 1 amide bonds. The molecule has 3 N–H and O–H groups in total. The van der Waals surface area contributed by atoms with Crippen molar-refractivity contribution in [2.24, 2.45) is 17.1 Å². The summed E-state index contributed by atoms with van der Waals surface area (Å²) in [4.78, 5) is 12.8. The van der Waals surface area contributed by atoms with Crippen molar-refractivity contribution in [1.82, 2.24) is 0 Å². The molecule has 0 spiro atoms. The molecule has 128 valence electrons. The highest BCUT2D eigenvalue weighted by Crippen LogP contribution is 2.57. The van der Waals surface area contributed by atoms with Gasteiger partial charge in [0, 0.05) is 23.6 Å². The van der Waals surface area contributed by atoms with E-state index in [0.717, 1.165) is 19.4 Å². The van der Waals surface area contributed by atoms with Crippen LogP contribution in [0, 0.1) is 11.3 Å². The number of nitrogens with one attached hydrogen (secondary N) is 1. The van der Waals surface area contributed by atoms with Crippen LogP contribution in [0.25, 0.3) is 0 Å². The zero-order valence-corrected chi connectivity index (χ0v) is 15.4. The van der Waals surface area contributed by atoms with E-state index in [1.54, 1.807) is 18.2 Å². The van der Waals surface area contributed by atoms with Crippen molar-refractivity contribution < 1.29 is 9.53 Å². The van der Waals surface area contributed by atoms with Gasteiger partial charge in [0.05, 0.1) is 16.1 Å². The lowest BCUT2D eigenvalue weighted by Crippen LogP contribution is -2.81. The van der Waals surface area contributed by atoms with Crippen LogP contribution in [0.4, 0.5) is 5.69 Å². The highest BCUT2D eigenvalue weighted by molar-refractivity contribution is 6.42. The first-order valence-electron chi connectivity index (χ1n) is 7.45. The molecule has 23 heavy (non-hydrogen) atoms. The summed E-state index contributed by atoms with van der Waals surface area (Å²) >= 11 is 11.9. The lowest BCUT2D eigenvalue weighted by atomic mass is 9.46. The van der Waals surface area contributed by atoms with Crippen LogP contribution in [0.5, 0.6) is 0 Å². The van der Waals surface area contributed by atoms with Gasteiger partial charge in [-0.15, -0.1) is 12.4 Å². The molecule has 0 radical (unpaired) electrons. The van der Waals surface area contributed by atoms with Crippen LogP contribution in [-0.2, 0) is 9.53 Å². The van der Waals surface area contributed by atoms with Gasteiger partial charge in [-0.1, -0.05) is 37.0 Å². The minimum atomic E-state index is -0.940. The molecule has 3 rings (SSSR count). The van der Waals surface area contributed by atoms with E-state index in [0.29, 0.717) is 15.7 Å². The summed E-state index contributed by atoms with van der Waals surface area (Å²) in [6.07, 6.45) is 1.90. The summed E-state index contributed by atoms with van der Waals surface area (Å²) in [6, 6.07) is 5.00. The molecule has 1 aromatic carbocycles. The molecule has 7 heteroatoms. The topological polar surface area (TPSA) is 64.3 Å². The smallest absolute Gasteiger partial charge is 0.245 e. The Labute approximate surface area is 152 Å². The predicted molar refractivity (Wildman–Crippen MR) is 95.5 cm³/mol. The molecule has 1 saturated heterocycles. The third-order valence-corrected chi connectivity index (χ3v) is 5.98. The number of carbonyl (C=O) groups is 1. The molecular formula is C16H21Cl3N2O2. The van der Waals surface area contributed by atoms with Gasteiger partial charge in [0.2, 0.25) is 5.91 Å². The number of hydrogen-bond donors (Lipinski definition) is 2. The van der Waals surface area contributed by atoms with Crippen LogP contribution in [-0.4, -0.2) is 24.2 Å². The number of nitrogens with two attached hydrogens (primary N) is 1. The maximum atomic E-state index is 12.8. The normalized spacial score (nSPS) is 31.3. The Morgan fingerprint density at radius 1 is 1.35 bits per heavy atom. The molecule has 1 saturated carbocycles. The number of carbonyl (C=O) groups excluding carboxylic acids is 1. The first-order valence-corrected chi connectivity index (χ1v) is 8.21. The molecule has 2 aliphatic rings. The van der Waals surface area contributed by atoms with Crippen molar-refractivity contribution in [1.29, 1.82) is 0 Å². The Bertz CT molecular complexity index is 623. The molecule has 1 aliphatic carbocycles. The highest BCUT2D eigenvalue weighted by Gasteiger charge is 2.70. The van der Waals surface area contributed by atoms with E-state index in [1.165, 1.54) is 0 Å². The fraction of sp³-hybridized carbons (Fsp3) is 0.562. The van der Waals surface area contributed by atoms with Crippen LogP contribution < -0.4 is 11.1 Å². The standard InChI is InChI=1S/C16H20Cl2N2O2.ClH/c1-15(2)13-10(4-3-7-22-13)16(15,19)14(21)20-9-5-6-11(17)12(18)8-9;/h5-6,8,10,13H,3-4,7,19H2,1-2H3,(H,20,21);1H. The van der Waals surface area contributed by atoms with Gasteiger partial charge in [-0.25, -0.2) is 0 Å². The minimum Gasteiger partial charge on any atom is -0.377 e. The van der Waals surface area contributed by atoms with Crippen molar-refractivity contribution >= 4 is 47.2 Å². The second-order valence-corrected chi connectivity index (χ2v) is 7.53. The van der Waals surface area contributed by atoms with Gasteiger partial charge in [-0.3, -0.25) is 4.79 Å². The third-order valence-electron chi connectivity index (χ3n) is 5.24. The van der Waals surface area contributed by atoms with Crippen molar-refractivity contribution in [3.63, 3.8) is 0 Å². The van der Waals surface area contributed by atoms with E-state index < -0.39 is 11.0 Å². The minimum absolute atomic E-state index is 0. The monoisotopic (exact) mass is 378 g/mol. The van der Waals surface area contributed by atoms with Crippen LogP contribution >= 0.6 is 35.6 Å². The lowest BCUT2D eigenvalue weighted by molar-refractivity contribution is -0.222. The maximum absolute atomic E-state index is 12.8. The van der Waals surface area contributed by atoms with Gasteiger partial charge < -0.3 is 15.8 Å². The zero-order chi connectivity index (χ0) is 16.1. The van der Waals surface area contributed by atoms with Gasteiger partial charge in [-0.05, 0) is 31.0 Å². The van der Waals surface area contributed by atoms with Gasteiger partial charge in [0.25, 0.3) is 0 Å². The van der Waals surface area contributed by atoms with Crippen LogP contribution in [0.1, 0.15) is 26.7 Å². The third kappa shape index (κ3) is 2.75. The van der Waals surface area contributed by atoms with Crippen molar-refractivity contribution in [2.45, 2.75) is 38.3 Å². The fourth-order valence-electron chi connectivity index (χ4n) is 3.85. The van der Waals surface area contributed by atoms with Crippen molar-refractivity contribution in [3.05, 3.63) is 28.2 Å². The molecule has 1 aliphatic heterocycles. The number of amides is 1. The van der Waals surface area contributed by atoms with Gasteiger partial charge in [0.15, 0.2) is 0 Å². The van der Waals surface area contributed by atoms with E-state index in [2.05, 4.69) is 5.32 Å². The Kier molecular flexibility index (Phi) is 5.25. The number of ether oxygens (including phenoxy) is 1. The number of anilines is 1. The van der Waals surface area contributed by atoms with Crippen LogP contribution in [0.15, 0.2) is 18.2 Å². The van der Waals surface area contributed by atoms with E-state index in [4.69, 9.17) is 33.7 Å². The van der Waals surface area contributed by atoms with Crippen molar-refractivity contribution in [3.8, 4) is 0 Å². The summed E-state index contributed by atoms with van der Waals surface area (Å²) in [7, 11) is 0. The Hall–Kier alpha value is -0.520. The van der Waals surface area contributed by atoms with E-state index in [1.807, 2.05) is 13.8 Å². The van der Waals surface area contributed by atoms with E-state index in [9.17, 15) is 4.79 Å². The molecule has 0 bridgehead atoms. The average molecular weight is 380 g/mol. The highest BCUT2D eigenvalue weighted by atomic mass is 35.5. The maximum Gasteiger partial charge on any atom is 0.245 e. The molecular weight excluding hydrogens is 359 g/mol. The molecule has 3 unspecified atom stereocenters. The molecule has 1 aromatic rings.